The van der Waals surface area contributed by atoms with Crippen molar-refractivity contribution < 1.29 is 0 Å². The summed E-state index contributed by atoms with van der Waals surface area (Å²) in [7, 11) is 0. The highest BCUT2D eigenvalue weighted by molar-refractivity contribution is 4.90. The van der Waals surface area contributed by atoms with Gasteiger partial charge in [-0.15, -0.1) is 0 Å². The fourth-order valence-electron chi connectivity index (χ4n) is 2.43. The molecule has 1 saturated carbocycles. The molecular formula is C14H30N2. The van der Waals surface area contributed by atoms with E-state index in [9.17, 15) is 0 Å². The first-order valence-electron chi connectivity index (χ1n) is 7.12. The maximum atomic E-state index is 5.97. The highest BCUT2D eigenvalue weighted by Crippen LogP contribution is 2.36. The van der Waals surface area contributed by atoms with Gasteiger partial charge in [0.1, 0.15) is 0 Å². The fraction of sp³-hybridized carbons (Fsp3) is 1.00. The zero-order valence-corrected chi connectivity index (χ0v) is 11.4. The topological polar surface area (TPSA) is 38.0 Å². The van der Waals surface area contributed by atoms with E-state index in [4.69, 9.17) is 5.73 Å². The van der Waals surface area contributed by atoms with Gasteiger partial charge < -0.3 is 11.1 Å². The van der Waals surface area contributed by atoms with Crippen LogP contribution < -0.4 is 11.1 Å². The molecule has 0 spiro atoms. The maximum absolute atomic E-state index is 5.97. The minimum Gasteiger partial charge on any atom is -0.329 e. The van der Waals surface area contributed by atoms with Crippen LogP contribution in [0.1, 0.15) is 59.3 Å². The maximum Gasteiger partial charge on any atom is 0.0301 e. The molecule has 1 fully saturated rings. The molecule has 0 aliphatic heterocycles. The van der Waals surface area contributed by atoms with Crippen LogP contribution in [0.2, 0.25) is 0 Å². The van der Waals surface area contributed by atoms with Crippen molar-refractivity contribution in [2.24, 2.45) is 17.6 Å². The van der Waals surface area contributed by atoms with Crippen molar-refractivity contribution in [2.75, 3.05) is 13.1 Å². The van der Waals surface area contributed by atoms with E-state index in [-0.39, 0.29) is 5.54 Å². The van der Waals surface area contributed by atoms with Gasteiger partial charge in [-0.1, -0.05) is 33.6 Å². The average Bonchev–Trinajstić information content (AvgIpc) is 3.14. The van der Waals surface area contributed by atoms with Crippen LogP contribution in [0.3, 0.4) is 0 Å². The van der Waals surface area contributed by atoms with E-state index in [1.807, 2.05) is 0 Å². The molecule has 2 unspecified atom stereocenters. The Balaban J connectivity index is 2.35. The van der Waals surface area contributed by atoms with Gasteiger partial charge in [-0.05, 0) is 44.1 Å². The molecular weight excluding hydrogens is 196 g/mol. The molecule has 0 heterocycles. The Kier molecular flexibility index (Phi) is 5.77. The minimum absolute atomic E-state index is 0.208. The zero-order chi connectivity index (χ0) is 12.0. The van der Waals surface area contributed by atoms with Crippen LogP contribution in [-0.4, -0.2) is 18.6 Å². The van der Waals surface area contributed by atoms with Gasteiger partial charge >= 0.3 is 0 Å². The summed E-state index contributed by atoms with van der Waals surface area (Å²) in [6.07, 6.45) is 7.82. The summed E-state index contributed by atoms with van der Waals surface area (Å²) in [4.78, 5) is 0. The number of hydrogen-bond acceptors (Lipinski definition) is 2. The highest BCUT2D eigenvalue weighted by atomic mass is 15.0. The molecule has 2 nitrogen and oxygen atoms in total. The highest BCUT2D eigenvalue weighted by Gasteiger charge is 2.31. The van der Waals surface area contributed by atoms with Crippen LogP contribution >= 0.6 is 0 Å². The van der Waals surface area contributed by atoms with Crippen LogP contribution in [0, 0.1) is 11.8 Å². The van der Waals surface area contributed by atoms with Crippen molar-refractivity contribution in [1.82, 2.24) is 5.32 Å². The van der Waals surface area contributed by atoms with E-state index in [0.717, 1.165) is 31.3 Å². The summed E-state index contributed by atoms with van der Waals surface area (Å²) in [5, 5.41) is 3.76. The number of nitrogens with one attached hydrogen (secondary N) is 1. The third-order valence-corrected chi connectivity index (χ3v) is 4.30. The van der Waals surface area contributed by atoms with Gasteiger partial charge in [0.15, 0.2) is 0 Å². The molecule has 0 amide bonds. The van der Waals surface area contributed by atoms with Gasteiger partial charge in [0.05, 0.1) is 0 Å². The Labute approximate surface area is 101 Å². The molecule has 1 rings (SSSR count). The molecule has 0 aromatic heterocycles. The summed E-state index contributed by atoms with van der Waals surface area (Å²) in [5.41, 5.74) is 6.18. The second-order valence-electron chi connectivity index (χ2n) is 5.64. The lowest BCUT2D eigenvalue weighted by molar-refractivity contribution is 0.268. The Hall–Kier alpha value is -0.0800. The molecule has 0 saturated heterocycles. The first-order valence-corrected chi connectivity index (χ1v) is 7.12. The molecule has 3 N–H and O–H groups in total. The van der Waals surface area contributed by atoms with Crippen molar-refractivity contribution in [3.05, 3.63) is 0 Å². The minimum atomic E-state index is 0.208. The molecule has 1 aliphatic rings. The van der Waals surface area contributed by atoms with Gasteiger partial charge in [-0.2, -0.15) is 0 Å². The Bertz CT molecular complexity index is 183. The smallest absolute Gasteiger partial charge is 0.0301 e. The van der Waals surface area contributed by atoms with Gasteiger partial charge in [-0.25, -0.2) is 0 Å². The van der Waals surface area contributed by atoms with Crippen molar-refractivity contribution >= 4 is 0 Å². The SMILES string of the molecule is CCCCC(CC)(CN)NCC(C)C1CC1. The van der Waals surface area contributed by atoms with Gasteiger partial charge in [0, 0.05) is 12.1 Å². The van der Waals surface area contributed by atoms with Crippen molar-refractivity contribution in [1.29, 1.82) is 0 Å². The number of unbranched alkanes of at least 4 members (excludes halogenated alkanes) is 1. The fourth-order valence-corrected chi connectivity index (χ4v) is 2.43. The van der Waals surface area contributed by atoms with Crippen molar-refractivity contribution in [2.45, 2.75) is 64.8 Å². The lowest BCUT2D eigenvalue weighted by atomic mass is 9.89. The quantitative estimate of drug-likeness (QED) is 0.634. The van der Waals surface area contributed by atoms with E-state index < -0.39 is 0 Å². The summed E-state index contributed by atoms with van der Waals surface area (Å²) >= 11 is 0. The molecule has 2 atom stereocenters. The van der Waals surface area contributed by atoms with Gasteiger partial charge in [0.25, 0.3) is 0 Å². The summed E-state index contributed by atoms with van der Waals surface area (Å²) in [6.45, 7) is 8.82. The summed E-state index contributed by atoms with van der Waals surface area (Å²) in [5.74, 6) is 1.82. The lowest BCUT2D eigenvalue weighted by Crippen LogP contribution is -2.52. The molecule has 1 aliphatic carbocycles. The Morgan fingerprint density at radius 1 is 1.38 bits per heavy atom. The Morgan fingerprint density at radius 2 is 2.06 bits per heavy atom. The number of hydrogen-bond donors (Lipinski definition) is 2. The predicted molar refractivity (Wildman–Crippen MR) is 71.5 cm³/mol. The second-order valence-corrected chi connectivity index (χ2v) is 5.64. The van der Waals surface area contributed by atoms with Crippen molar-refractivity contribution in [3.8, 4) is 0 Å². The standard InChI is InChI=1S/C14H30N2/c1-4-6-9-14(5-2,11-15)16-10-12(3)13-7-8-13/h12-13,16H,4-11,15H2,1-3H3. The lowest BCUT2D eigenvalue weighted by Gasteiger charge is -2.34. The molecule has 0 aromatic carbocycles. The molecule has 2 heteroatoms. The monoisotopic (exact) mass is 226 g/mol. The first-order chi connectivity index (χ1) is 7.67. The van der Waals surface area contributed by atoms with Crippen LogP contribution in [-0.2, 0) is 0 Å². The second kappa shape index (κ2) is 6.61. The van der Waals surface area contributed by atoms with E-state index in [1.54, 1.807) is 0 Å². The average molecular weight is 226 g/mol. The van der Waals surface area contributed by atoms with Gasteiger partial charge in [0.2, 0.25) is 0 Å². The first kappa shape index (κ1) is 14.0. The number of nitrogens with two attached hydrogens (primary N) is 1. The molecule has 0 bridgehead atoms. The molecule has 0 aromatic rings. The van der Waals surface area contributed by atoms with Gasteiger partial charge in [-0.3, -0.25) is 0 Å². The van der Waals surface area contributed by atoms with Crippen LogP contribution in [0.5, 0.6) is 0 Å². The van der Waals surface area contributed by atoms with E-state index in [2.05, 4.69) is 26.1 Å². The normalized spacial score (nSPS) is 21.8. The van der Waals surface area contributed by atoms with Crippen molar-refractivity contribution in [3.63, 3.8) is 0 Å². The number of rotatable bonds is 9. The van der Waals surface area contributed by atoms with Crippen LogP contribution in [0.25, 0.3) is 0 Å². The predicted octanol–water partition coefficient (Wildman–Crippen LogP) is 2.92. The summed E-state index contributed by atoms with van der Waals surface area (Å²) < 4.78 is 0. The Morgan fingerprint density at radius 3 is 2.50 bits per heavy atom. The molecule has 96 valence electrons. The van der Waals surface area contributed by atoms with E-state index in [1.165, 1.54) is 32.1 Å². The zero-order valence-electron chi connectivity index (χ0n) is 11.4. The van der Waals surface area contributed by atoms with E-state index >= 15 is 0 Å². The van der Waals surface area contributed by atoms with Crippen LogP contribution in [0.4, 0.5) is 0 Å². The third-order valence-electron chi connectivity index (χ3n) is 4.30. The molecule has 16 heavy (non-hydrogen) atoms. The third kappa shape index (κ3) is 4.06. The van der Waals surface area contributed by atoms with Crippen LogP contribution in [0.15, 0.2) is 0 Å². The largest absolute Gasteiger partial charge is 0.329 e. The van der Waals surface area contributed by atoms with E-state index in [0.29, 0.717) is 0 Å². The molecule has 0 radical (unpaired) electrons. The summed E-state index contributed by atoms with van der Waals surface area (Å²) in [6, 6.07) is 0.